The maximum atomic E-state index is 6.93. The molecule has 0 aromatic carbocycles. The van der Waals surface area contributed by atoms with E-state index in [1.807, 2.05) is 0 Å². The monoisotopic (exact) mass is 352 g/mol. The molecule has 5 aliphatic rings. The fraction of sp³-hybridized carbons (Fsp3) is 1.00. The maximum absolute atomic E-state index is 6.93. The van der Waals surface area contributed by atoms with Crippen molar-refractivity contribution in [3.05, 3.63) is 0 Å². The highest BCUT2D eigenvalue weighted by Crippen LogP contribution is 2.52. The lowest BCUT2D eigenvalue weighted by Gasteiger charge is -2.55. The first-order chi connectivity index (χ1) is 12.0. The molecule has 4 N–H and O–H groups in total. The summed E-state index contributed by atoms with van der Waals surface area (Å²) in [7, 11) is 0. The highest BCUT2D eigenvalue weighted by atomic mass is 16.6. The molecule has 0 bridgehead atoms. The van der Waals surface area contributed by atoms with Gasteiger partial charge in [-0.25, -0.2) is 0 Å². The minimum absolute atomic E-state index is 0.000529. The molecule has 4 saturated heterocycles. The summed E-state index contributed by atoms with van der Waals surface area (Å²) in [6.07, 6.45) is 5.89. The van der Waals surface area contributed by atoms with E-state index in [-0.39, 0.29) is 11.6 Å². The molecule has 6 nitrogen and oxygen atoms in total. The van der Waals surface area contributed by atoms with E-state index in [4.69, 9.17) is 30.4 Å². The van der Waals surface area contributed by atoms with Gasteiger partial charge in [0.05, 0.1) is 50.8 Å². The molecule has 142 valence electrons. The zero-order valence-corrected chi connectivity index (χ0v) is 15.1. The zero-order chi connectivity index (χ0) is 17.2. The number of rotatable bonds is 8. The smallest absolute Gasteiger partial charge is 0.0813 e. The number of nitrogens with two attached hydrogens (primary N) is 2. The lowest BCUT2D eigenvalue weighted by atomic mass is 9.53. The Morgan fingerprint density at radius 1 is 0.720 bits per heavy atom. The molecule has 4 heterocycles. The Labute approximate surface area is 149 Å². The van der Waals surface area contributed by atoms with Crippen LogP contribution >= 0.6 is 0 Å². The molecule has 0 amide bonds. The maximum Gasteiger partial charge on any atom is 0.0813 e. The normalized spacial score (nSPS) is 56.5. The third-order valence-corrected chi connectivity index (χ3v) is 7.33. The van der Waals surface area contributed by atoms with E-state index in [0.717, 1.165) is 52.1 Å². The van der Waals surface area contributed by atoms with Gasteiger partial charge < -0.3 is 30.4 Å². The van der Waals surface area contributed by atoms with Gasteiger partial charge in [-0.15, -0.1) is 0 Å². The van der Waals surface area contributed by atoms with Crippen molar-refractivity contribution in [3.63, 3.8) is 0 Å². The summed E-state index contributed by atoms with van der Waals surface area (Å²) in [5.41, 5.74) is 13.4. The molecule has 4 aliphatic heterocycles. The third kappa shape index (κ3) is 3.62. The second-order valence-electron chi connectivity index (χ2n) is 9.25. The predicted octanol–water partition coefficient (Wildman–Crippen LogP) is 0.665. The standard InChI is InChI=1S/C19H32N2O4/c1-19(21)17(5-13-9-25-13)15(3-11-7-23-11)14(2-10-6-22-10)16(18(19)20)4-12-8-24-12/h10-18H,2-9,20-21H2,1H3. The molecule has 0 aromatic rings. The highest BCUT2D eigenvalue weighted by Gasteiger charge is 2.57. The van der Waals surface area contributed by atoms with Gasteiger partial charge >= 0.3 is 0 Å². The summed E-state index contributed by atoms with van der Waals surface area (Å²) >= 11 is 0. The van der Waals surface area contributed by atoms with Crippen LogP contribution < -0.4 is 11.5 Å². The van der Waals surface area contributed by atoms with Gasteiger partial charge in [0.25, 0.3) is 0 Å². The molecule has 0 spiro atoms. The van der Waals surface area contributed by atoms with Crippen LogP contribution in [0.1, 0.15) is 32.6 Å². The first kappa shape index (κ1) is 16.9. The first-order valence-electron chi connectivity index (χ1n) is 10.0. The Bertz CT molecular complexity index is 500. The second kappa shape index (κ2) is 6.14. The van der Waals surface area contributed by atoms with E-state index in [1.54, 1.807) is 0 Å². The Hall–Kier alpha value is -0.240. The number of epoxide rings is 4. The minimum Gasteiger partial charge on any atom is -0.373 e. The summed E-state index contributed by atoms with van der Waals surface area (Å²) in [6.45, 7) is 5.74. The molecule has 5 fully saturated rings. The van der Waals surface area contributed by atoms with Crippen molar-refractivity contribution in [2.24, 2.45) is 35.1 Å². The average molecular weight is 352 g/mol. The van der Waals surface area contributed by atoms with Gasteiger partial charge in [-0.3, -0.25) is 0 Å². The van der Waals surface area contributed by atoms with Crippen LogP contribution in [0.5, 0.6) is 0 Å². The van der Waals surface area contributed by atoms with E-state index in [0.29, 0.717) is 48.1 Å². The van der Waals surface area contributed by atoms with E-state index in [2.05, 4.69) is 6.92 Å². The molecule has 1 aliphatic carbocycles. The fourth-order valence-corrected chi connectivity index (χ4v) is 5.50. The molecule has 6 heteroatoms. The molecule has 0 aromatic heterocycles. The number of hydrogen-bond acceptors (Lipinski definition) is 6. The SMILES string of the molecule is CC1(N)C(N)C(CC2CO2)C(CC2CO2)C(CC2CO2)C1CC1CO1. The third-order valence-electron chi connectivity index (χ3n) is 7.33. The number of ether oxygens (including phenoxy) is 4. The first-order valence-corrected chi connectivity index (χ1v) is 10.0. The van der Waals surface area contributed by atoms with Gasteiger partial charge in [0.1, 0.15) is 0 Å². The Morgan fingerprint density at radius 3 is 1.60 bits per heavy atom. The average Bonchev–Trinajstić information content (AvgIpc) is 3.43. The van der Waals surface area contributed by atoms with Crippen LogP contribution in [0.3, 0.4) is 0 Å². The summed E-state index contributed by atoms with van der Waals surface area (Å²) < 4.78 is 22.3. The van der Waals surface area contributed by atoms with Gasteiger partial charge in [-0.05, 0) is 56.3 Å². The van der Waals surface area contributed by atoms with Crippen LogP contribution in [0.2, 0.25) is 0 Å². The molecule has 10 unspecified atom stereocenters. The van der Waals surface area contributed by atoms with Gasteiger partial charge in [-0.2, -0.15) is 0 Å². The van der Waals surface area contributed by atoms with E-state index in [9.17, 15) is 0 Å². The molecule has 25 heavy (non-hydrogen) atoms. The second-order valence-corrected chi connectivity index (χ2v) is 9.25. The fourth-order valence-electron chi connectivity index (χ4n) is 5.50. The van der Waals surface area contributed by atoms with Crippen molar-refractivity contribution in [2.45, 2.75) is 68.6 Å². The summed E-state index contributed by atoms with van der Waals surface area (Å²) in [4.78, 5) is 0. The van der Waals surface area contributed by atoms with Crippen molar-refractivity contribution in [3.8, 4) is 0 Å². The highest BCUT2D eigenvalue weighted by molar-refractivity contribution is 5.11. The summed E-state index contributed by atoms with van der Waals surface area (Å²) in [5.74, 6) is 1.89. The quantitative estimate of drug-likeness (QED) is 0.622. The van der Waals surface area contributed by atoms with Gasteiger partial charge in [0.15, 0.2) is 0 Å². The Morgan fingerprint density at radius 2 is 1.12 bits per heavy atom. The Kier molecular flexibility index (Phi) is 4.15. The van der Waals surface area contributed by atoms with Crippen LogP contribution in [0.25, 0.3) is 0 Å². The van der Waals surface area contributed by atoms with Crippen molar-refractivity contribution >= 4 is 0 Å². The number of hydrogen-bond donors (Lipinski definition) is 2. The molecular formula is C19H32N2O4. The topological polar surface area (TPSA) is 102 Å². The lowest BCUT2D eigenvalue weighted by molar-refractivity contribution is -0.0228. The van der Waals surface area contributed by atoms with Crippen LogP contribution in [0.4, 0.5) is 0 Å². The van der Waals surface area contributed by atoms with Crippen LogP contribution in [0.15, 0.2) is 0 Å². The van der Waals surface area contributed by atoms with E-state index >= 15 is 0 Å². The van der Waals surface area contributed by atoms with E-state index in [1.165, 1.54) is 0 Å². The lowest BCUT2D eigenvalue weighted by Crippen LogP contribution is -2.68. The predicted molar refractivity (Wildman–Crippen MR) is 92.0 cm³/mol. The van der Waals surface area contributed by atoms with Crippen molar-refractivity contribution < 1.29 is 18.9 Å². The molecular weight excluding hydrogens is 320 g/mol. The molecule has 0 radical (unpaired) electrons. The summed E-state index contributed by atoms with van der Waals surface area (Å²) in [5, 5.41) is 0. The van der Waals surface area contributed by atoms with Gasteiger partial charge in [0.2, 0.25) is 0 Å². The molecule has 1 saturated carbocycles. The zero-order valence-electron chi connectivity index (χ0n) is 15.1. The minimum atomic E-state index is -0.369. The Balaban J connectivity index is 1.43. The summed E-state index contributed by atoms with van der Waals surface area (Å²) in [6, 6.07) is 0.000529. The van der Waals surface area contributed by atoms with Crippen LogP contribution in [-0.2, 0) is 18.9 Å². The van der Waals surface area contributed by atoms with Crippen LogP contribution in [-0.4, -0.2) is 62.4 Å². The van der Waals surface area contributed by atoms with E-state index < -0.39 is 0 Å². The van der Waals surface area contributed by atoms with Crippen LogP contribution in [0, 0.1) is 23.7 Å². The molecule has 5 rings (SSSR count). The van der Waals surface area contributed by atoms with Gasteiger partial charge in [0, 0.05) is 11.6 Å². The van der Waals surface area contributed by atoms with Gasteiger partial charge in [-0.1, -0.05) is 0 Å². The van der Waals surface area contributed by atoms with Crippen molar-refractivity contribution in [2.75, 3.05) is 26.4 Å². The largest absolute Gasteiger partial charge is 0.373 e. The van der Waals surface area contributed by atoms with Crippen molar-refractivity contribution in [1.29, 1.82) is 0 Å². The van der Waals surface area contributed by atoms with Crippen molar-refractivity contribution in [1.82, 2.24) is 0 Å². The molecule has 10 atom stereocenters.